The molecule has 0 bridgehead atoms. The summed E-state index contributed by atoms with van der Waals surface area (Å²) in [7, 11) is 0. The summed E-state index contributed by atoms with van der Waals surface area (Å²) in [6, 6.07) is 3.96. The zero-order chi connectivity index (χ0) is 12.8. The first-order chi connectivity index (χ1) is 8.81. The second kappa shape index (κ2) is 6.69. The van der Waals surface area contributed by atoms with Gasteiger partial charge in [-0.15, -0.1) is 17.3 Å². The van der Waals surface area contributed by atoms with Crippen LogP contribution in [0.4, 0.5) is 0 Å². The van der Waals surface area contributed by atoms with E-state index in [1.54, 1.807) is 0 Å². The Balaban J connectivity index is 1.96. The van der Waals surface area contributed by atoms with E-state index in [2.05, 4.69) is 16.7 Å². The van der Waals surface area contributed by atoms with Crippen molar-refractivity contribution < 1.29 is 9.53 Å². The standard InChI is InChI=1S/C14H17NO2S/c1-2-3-6-15-7-8-17-11-12(15)10-13(16)14-5-4-9-18-14/h4-5,9,12H,6-8,10-11H2,1H3. The average molecular weight is 263 g/mol. The Hall–Kier alpha value is -1.15. The largest absolute Gasteiger partial charge is 0.378 e. The molecule has 0 radical (unpaired) electrons. The van der Waals surface area contributed by atoms with Gasteiger partial charge in [0.25, 0.3) is 0 Å². The van der Waals surface area contributed by atoms with Crippen molar-refractivity contribution >= 4 is 17.1 Å². The number of ether oxygens (including phenoxy) is 1. The van der Waals surface area contributed by atoms with E-state index < -0.39 is 0 Å². The fraction of sp³-hybridized carbons (Fsp3) is 0.500. The van der Waals surface area contributed by atoms with Crippen molar-refractivity contribution in [3.63, 3.8) is 0 Å². The van der Waals surface area contributed by atoms with E-state index >= 15 is 0 Å². The summed E-state index contributed by atoms with van der Waals surface area (Å²) in [5.41, 5.74) is 0. The average Bonchev–Trinajstić information content (AvgIpc) is 2.91. The topological polar surface area (TPSA) is 29.5 Å². The zero-order valence-corrected chi connectivity index (χ0v) is 11.3. The normalized spacial score (nSPS) is 20.2. The minimum atomic E-state index is 0.161. The third kappa shape index (κ3) is 3.42. The van der Waals surface area contributed by atoms with Gasteiger partial charge in [0.15, 0.2) is 5.78 Å². The van der Waals surface area contributed by atoms with Crippen LogP contribution in [0, 0.1) is 11.8 Å². The summed E-state index contributed by atoms with van der Waals surface area (Å²) >= 11 is 1.50. The molecule has 0 spiro atoms. The molecule has 0 aromatic carbocycles. The highest BCUT2D eigenvalue weighted by Gasteiger charge is 2.25. The number of morpholine rings is 1. The van der Waals surface area contributed by atoms with Gasteiger partial charge in [-0.1, -0.05) is 12.0 Å². The third-order valence-electron chi connectivity index (χ3n) is 3.03. The lowest BCUT2D eigenvalue weighted by Gasteiger charge is -2.33. The first kappa shape index (κ1) is 13.3. The smallest absolute Gasteiger partial charge is 0.174 e. The molecule has 2 heterocycles. The second-order valence-electron chi connectivity index (χ2n) is 4.23. The van der Waals surface area contributed by atoms with Gasteiger partial charge in [-0.3, -0.25) is 9.69 Å². The zero-order valence-electron chi connectivity index (χ0n) is 10.5. The summed E-state index contributed by atoms with van der Waals surface area (Å²) in [6.45, 7) is 4.78. The monoisotopic (exact) mass is 263 g/mol. The Morgan fingerprint density at radius 2 is 2.56 bits per heavy atom. The van der Waals surface area contributed by atoms with Crippen molar-refractivity contribution in [3.05, 3.63) is 22.4 Å². The number of nitrogens with zero attached hydrogens (tertiary/aromatic N) is 1. The number of ketones is 1. The van der Waals surface area contributed by atoms with Crippen molar-refractivity contribution in [2.75, 3.05) is 26.3 Å². The van der Waals surface area contributed by atoms with Gasteiger partial charge in [-0.2, -0.15) is 0 Å². The Morgan fingerprint density at radius 1 is 1.67 bits per heavy atom. The molecule has 0 amide bonds. The maximum atomic E-state index is 12.1. The predicted molar refractivity (Wildman–Crippen MR) is 72.9 cm³/mol. The summed E-state index contributed by atoms with van der Waals surface area (Å²) in [6.07, 6.45) is 0.520. The van der Waals surface area contributed by atoms with Gasteiger partial charge in [0.05, 0.1) is 24.6 Å². The maximum Gasteiger partial charge on any atom is 0.174 e. The molecule has 1 fully saturated rings. The summed E-state index contributed by atoms with van der Waals surface area (Å²) < 4.78 is 5.47. The van der Waals surface area contributed by atoms with Gasteiger partial charge < -0.3 is 4.74 Å². The number of Topliss-reactive ketones (excluding diaryl/α,β-unsaturated/α-hetero) is 1. The van der Waals surface area contributed by atoms with Crippen LogP contribution in [0.25, 0.3) is 0 Å². The molecule has 0 aliphatic carbocycles. The van der Waals surface area contributed by atoms with Crippen LogP contribution < -0.4 is 0 Å². The molecule has 1 aromatic rings. The van der Waals surface area contributed by atoms with Crippen molar-refractivity contribution in [3.8, 4) is 11.8 Å². The molecule has 18 heavy (non-hydrogen) atoms. The van der Waals surface area contributed by atoms with E-state index in [1.807, 2.05) is 24.4 Å². The van der Waals surface area contributed by atoms with Gasteiger partial charge in [-0.25, -0.2) is 0 Å². The van der Waals surface area contributed by atoms with Gasteiger partial charge in [-0.05, 0) is 18.4 Å². The number of carbonyl (C=O) groups excluding carboxylic acids is 1. The van der Waals surface area contributed by atoms with Crippen molar-refractivity contribution in [2.45, 2.75) is 19.4 Å². The highest BCUT2D eigenvalue weighted by atomic mass is 32.1. The van der Waals surface area contributed by atoms with Crippen LogP contribution in [0.1, 0.15) is 23.0 Å². The Labute approximate surface area is 112 Å². The van der Waals surface area contributed by atoms with Crippen molar-refractivity contribution in [1.29, 1.82) is 0 Å². The van der Waals surface area contributed by atoms with Crippen LogP contribution >= 0.6 is 11.3 Å². The Bertz CT molecular complexity index is 444. The van der Waals surface area contributed by atoms with E-state index in [9.17, 15) is 4.79 Å². The fourth-order valence-corrected chi connectivity index (χ4v) is 2.69. The lowest BCUT2D eigenvalue weighted by molar-refractivity contribution is -0.00200. The van der Waals surface area contributed by atoms with Crippen LogP contribution in [-0.4, -0.2) is 43.0 Å². The number of thiophene rings is 1. The molecule has 3 nitrogen and oxygen atoms in total. The molecule has 1 aliphatic heterocycles. The molecular weight excluding hydrogens is 246 g/mol. The molecule has 96 valence electrons. The van der Waals surface area contributed by atoms with Crippen LogP contribution in [0.2, 0.25) is 0 Å². The Kier molecular flexibility index (Phi) is 4.94. The molecule has 1 aromatic heterocycles. The first-order valence-electron chi connectivity index (χ1n) is 6.09. The molecule has 1 aliphatic rings. The van der Waals surface area contributed by atoms with Gasteiger partial charge in [0.2, 0.25) is 0 Å². The van der Waals surface area contributed by atoms with Crippen molar-refractivity contribution in [1.82, 2.24) is 4.90 Å². The van der Waals surface area contributed by atoms with Gasteiger partial charge in [0, 0.05) is 19.0 Å². The van der Waals surface area contributed by atoms with Gasteiger partial charge in [0.1, 0.15) is 0 Å². The quantitative estimate of drug-likeness (QED) is 0.615. The molecule has 1 unspecified atom stereocenters. The number of carbonyl (C=O) groups is 1. The van der Waals surface area contributed by atoms with Crippen LogP contribution in [0.3, 0.4) is 0 Å². The minimum Gasteiger partial charge on any atom is -0.378 e. The van der Waals surface area contributed by atoms with E-state index in [4.69, 9.17) is 4.74 Å². The highest BCUT2D eigenvalue weighted by Crippen LogP contribution is 2.16. The predicted octanol–water partition coefficient (Wildman–Crippen LogP) is 2.05. The van der Waals surface area contributed by atoms with E-state index in [-0.39, 0.29) is 11.8 Å². The first-order valence-corrected chi connectivity index (χ1v) is 6.97. The molecule has 0 saturated carbocycles. The molecule has 0 N–H and O–H groups in total. The summed E-state index contributed by atoms with van der Waals surface area (Å²) in [4.78, 5) is 15.2. The molecule has 2 rings (SSSR count). The van der Waals surface area contributed by atoms with Gasteiger partial charge >= 0.3 is 0 Å². The third-order valence-corrected chi connectivity index (χ3v) is 3.94. The molecule has 1 atom stereocenters. The maximum absolute atomic E-state index is 12.1. The van der Waals surface area contributed by atoms with E-state index in [0.717, 1.165) is 24.6 Å². The molecule has 4 heteroatoms. The summed E-state index contributed by atoms with van der Waals surface area (Å²) in [5.74, 6) is 6.17. The fourth-order valence-electron chi connectivity index (χ4n) is 2.02. The van der Waals surface area contributed by atoms with E-state index in [0.29, 0.717) is 13.0 Å². The number of rotatable bonds is 4. The lowest BCUT2D eigenvalue weighted by Crippen LogP contribution is -2.46. The minimum absolute atomic E-state index is 0.161. The number of hydrogen-bond acceptors (Lipinski definition) is 4. The Morgan fingerprint density at radius 3 is 3.28 bits per heavy atom. The van der Waals surface area contributed by atoms with Crippen LogP contribution in [0.15, 0.2) is 17.5 Å². The lowest BCUT2D eigenvalue weighted by atomic mass is 10.1. The van der Waals surface area contributed by atoms with E-state index in [1.165, 1.54) is 11.3 Å². The highest BCUT2D eigenvalue weighted by molar-refractivity contribution is 7.12. The number of hydrogen-bond donors (Lipinski definition) is 0. The van der Waals surface area contributed by atoms with Crippen molar-refractivity contribution in [2.24, 2.45) is 0 Å². The second-order valence-corrected chi connectivity index (χ2v) is 5.18. The van der Waals surface area contributed by atoms with Crippen LogP contribution in [0.5, 0.6) is 0 Å². The SMILES string of the molecule is CC#CCN1CCOCC1CC(=O)c1cccs1. The van der Waals surface area contributed by atoms with Crippen LogP contribution in [-0.2, 0) is 4.74 Å². The molecule has 1 saturated heterocycles. The summed E-state index contributed by atoms with van der Waals surface area (Å²) in [5, 5.41) is 1.94. The molecular formula is C14H17NO2S.